The Hall–Kier alpha value is -1.62. The van der Waals surface area contributed by atoms with Crippen LogP contribution in [-0.2, 0) is 23.8 Å². The van der Waals surface area contributed by atoms with Crippen LogP contribution in [0.5, 0.6) is 0 Å². The number of hydrogen-bond donors (Lipinski definition) is 0. The summed E-state index contributed by atoms with van der Waals surface area (Å²) in [7, 11) is 0. The standard InChI is InChI=1S/C17H24O5/c1-10(2)8-20-15(18)12-6-14-17(5,22-14)7-13(12)16(19)21-9-11(3)4/h12-14H,1,3,6-9H2,2,4-5H3. The second-order valence-corrected chi connectivity index (χ2v) is 6.70. The third-order valence-electron chi connectivity index (χ3n) is 4.14. The Bertz CT molecular complexity index is 509. The predicted molar refractivity (Wildman–Crippen MR) is 81.0 cm³/mol. The van der Waals surface area contributed by atoms with Crippen LogP contribution in [-0.4, -0.2) is 36.9 Å². The molecule has 0 aromatic rings. The van der Waals surface area contributed by atoms with Gasteiger partial charge in [0.15, 0.2) is 0 Å². The Morgan fingerprint density at radius 1 is 1.09 bits per heavy atom. The second-order valence-electron chi connectivity index (χ2n) is 6.70. The van der Waals surface area contributed by atoms with E-state index in [0.717, 1.165) is 11.1 Å². The molecular formula is C17H24O5. The van der Waals surface area contributed by atoms with Crippen LogP contribution in [0.15, 0.2) is 24.3 Å². The van der Waals surface area contributed by atoms with Crippen LogP contribution < -0.4 is 0 Å². The van der Waals surface area contributed by atoms with E-state index in [9.17, 15) is 9.59 Å². The van der Waals surface area contributed by atoms with Gasteiger partial charge in [-0.2, -0.15) is 0 Å². The lowest BCUT2D eigenvalue weighted by Crippen LogP contribution is -2.40. The van der Waals surface area contributed by atoms with Gasteiger partial charge in [0.05, 0.1) is 23.5 Å². The topological polar surface area (TPSA) is 65.1 Å². The van der Waals surface area contributed by atoms with Crippen LogP contribution in [0.4, 0.5) is 0 Å². The molecule has 1 saturated carbocycles. The van der Waals surface area contributed by atoms with Crippen molar-refractivity contribution in [3.05, 3.63) is 24.3 Å². The Balaban J connectivity index is 2.04. The second kappa shape index (κ2) is 6.24. The van der Waals surface area contributed by atoms with Crippen molar-refractivity contribution >= 4 is 11.9 Å². The Labute approximate surface area is 131 Å². The van der Waals surface area contributed by atoms with Gasteiger partial charge in [0.1, 0.15) is 13.2 Å². The average Bonchev–Trinajstić information content (AvgIpc) is 3.10. The zero-order valence-electron chi connectivity index (χ0n) is 13.5. The fraction of sp³-hybridized carbons (Fsp3) is 0.647. The van der Waals surface area contributed by atoms with E-state index in [1.165, 1.54) is 0 Å². The number of carbonyl (C=O) groups excluding carboxylic acids is 2. The number of ether oxygens (including phenoxy) is 3. The maximum atomic E-state index is 12.3. The van der Waals surface area contributed by atoms with Crippen molar-refractivity contribution in [2.24, 2.45) is 11.8 Å². The number of esters is 2. The van der Waals surface area contributed by atoms with Crippen LogP contribution >= 0.6 is 0 Å². The van der Waals surface area contributed by atoms with Gasteiger partial charge in [-0.1, -0.05) is 13.2 Å². The number of carbonyl (C=O) groups is 2. The average molecular weight is 308 g/mol. The lowest BCUT2D eigenvalue weighted by atomic mass is 9.74. The van der Waals surface area contributed by atoms with Crippen molar-refractivity contribution in [2.75, 3.05) is 13.2 Å². The van der Waals surface area contributed by atoms with Gasteiger partial charge in [-0.3, -0.25) is 9.59 Å². The fourth-order valence-electron chi connectivity index (χ4n) is 2.85. The molecule has 0 N–H and O–H groups in total. The summed E-state index contributed by atoms with van der Waals surface area (Å²) in [6.07, 6.45) is 1.01. The third-order valence-corrected chi connectivity index (χ3v) is 4.14. The first-order chi connectivity index (χ1) is 10.2. The van der Waals surface area contributed by atoms with E-state index in [2.05, 4.69) is 13.2 Å². The molecule has 4 atom stereocenters. The molecule has 5 nitrogen and oxygen atoms in total. The first kappa shape index (κ1) is 16.7. The van der Waals surface area contributed by atoms with Crippen LogP contribution in [0.2, 0.25) is 0 Å². The highest BCUT2D eigenvalue weighted by molar-refractivity contribution is 5.83. The molecule has 0 aromatic heterocycles. The molecule has 0 amide bonds. The minimum Gasteiger partial charge on any atom is -0.461 e. The lowest BCUT2D eigenvalue weighted by molar-refractivity contribution is -0.161. The van der Waals surface area contributed by atoms with Gasteiger partial charge >= 0.3 is 11.9 Å². The molecule has 0 spiro atoms. The number of rotatable bonds is 6. The van der Waals surface area contributed by atoms with E-state index in [1.807, 2.05) is 6.92 Å². The summed E-state index contributed by atoms with van der Waals surface area (Å²) in [5.41, 5.74) is 1.22. The van der Waals surface area contributed by atoms with Crippen molar-refractivity contribution in [1.29, 1.82) is 0 Å². The van der Waals surface area contributed by atoms with E-state index < -0.39 is 11.8 Å². The van der Waals surface area contributed by atoms with E-state index in [0.29, 0.717) is 12.8 Å². The fourth-order valence-corrected chi connectivity index (χ4v) is 2.85. The summed E-state index contributed by atoms with van der Waals surface area (Å²) < 4.78 is 16.1. The Morgan fingerprint density at radius 3 is 2.09 bits per heavy atom. The molecule has 0 bridgehead atoms. The van der Waals surface area contributed by atoms with E-state index in [-0.39, 0.29) is 36.9 Å². The van der Waals surface area contributed by atoms with Gasteiger partial charge in [-0.05, 0) is 44.8 Å². The minimum atomic E-state index is -0.527. The van der Waals surface area contributed by atoms with Crippen molar-refractivity contribution in [3.8, 4) is 0 Å². The van der Waals surface area contributed by atoms with Crippen LogP contribution in [0.1, 0.15) is 33.6 Å². The first-order valence-electron chi connectivity index (χ1n) is 7.53. The van der Waals surface area contributed by atoms with Gasteiger partial charge in [0.2, 0.25) is 0 Å². The van der Waals surface area contributed by atoms with Gasteiger partial charge in [-0.25, -0.2) is 0 Å². The molecule has 2 aliphatic rings. The molecule has 0 radical (unpaired) electrons. The Morgan fingerprint density at radius 2 is 1.59 bits per heavy atom. The summed E-state index contributed by atoms with van der Waals surface area (Å²) in [5.74, 6) is -1.80. The zero-order valence-corrected chi connectivity index (χ0v) is 13.5. The smallest absolute Gasteiger partial charge is 0.310 e. The normalized spacial score (nSPS) is 32.6. The van der Waals surface area contributed by atoms with Gasteiger partial charge in [-0.15, -0.1) is 0 Å². The monoisotopic (exact) mass is 308 g/mol. The van der Waals surface area contributed by atoms with Crippen molar-refractivity contribution < 1.29 is 23.8 Å². The van der Waals surface area contributed by atoms with E-state index in [1.54, 1.807) is 13.8 Å². The number of fused-ring (bicyclic) bond motifs is 1. The van der Waals surface area contributed by atoms with Crippen LogP contribution in [0.3, 0.4) is 0 Å². The van der Waals surface area contributed by atoms with Crippen LogP contribution in [0.25, 0.3) is 0 Å². The maximum Gasteiger partial charge on any atom is 0.310 e. The highest BCUT2D eigenvalue weighted by atomic mass is 16.6. The number of epoxide rings is 1. The van der Waals surface area contributed by atoms with E-state index >= 15 is 0 Å². The molecule has 22 heavy (non-hydrogen) atoms. The lowest BCUT2D eigenvalue weighted by Gasteiger charge is -2.29. The molecule has 2 rings (SSSR count). The summed E-state index contributed by atoms with van der Waals surface area (Å²) in [6.45, 7) is 13.3. The quantitative estimate of drug-likeness (QED) is 0.428. The molecule has 0 aromatic carbocycles. The number of hydrogen-bond acceptors (Lipinski definition) is 5. The molecule has 5 heteroatoms. The zero-order chi connectivity index (χ0) is 16.5. The van der Waals surface area contributed by atoms with Crippen molar-refractivity contribution in [3.63, 3.8) is 0 Å². The third kappa shape index (κ3) is 3.77. The summed E-state index contributed by atoms with van der Waals surface area (Å²) in [4.78, 5) is 24.6. The first-order valence-corrected chi connectivity index (χ1v) is 7.53. The van der Waals surface area contributed by atoms with Gasteiger partial charge < -0.3 is 14.2 Å². The molecule has 2 fully saturated rings. The molecule has 1 saturated heterocycles. The molecule has 1 heterocycles. The van der Waals surface area contributed by atoms with Gasteiger partial charge in [0, 0.05) is 0 Å². The molecule has 122 valence electrons. The Kier molecular flexibility index (Phi) is 4.75. The highest BCUT2D eigenvalue weighted by Crippen LogP contribution is 2.52. The summed E-state index contributed by atoms with van der Waals surface area (Å²) in [6, 6.07) is 0. The van der Waals surface area contributed by atoms with Crippen LogP contribution in [0, 0.1) is 11.8 Å². The molecule has 4 unspecified atom stereocenters. The van der Waals surface area contributed by atoms with Gasteiger partial charge in [0.25, 0.3) is 0 Å². The highest BCUT2D eigenvalue weighted by Gasteiger charge is 2.61. The maximum absolute atomic E-state index is 12.3. The summed E-state index contributed by atoms with van der Waals surface area (Å²) in [5, 5.41) is 0. The van der Waals surface area contributed by atoms with Crippen molar-refractivity contribution in [2.45, 2.75) is 45.3 Å². The molecule has 1 aliphatic carbocycles. The molecule has 1 aliphatic heterocycles. The predicted octanol–water partition coefficient (Wildman–Crippen LogP) is 2.41. The van der Waals surface area contributed by atoms with Crippen molar-refractivity contribution in [1.82, 2.24) is 0 Å². The molecular weight excluding hydrogens is 284 g/mol. The van der Waals surface area contributed by atoms with E-state index in [4.69, 9.17) is 14.2 Å². The summed E-state index contributed by atoms with van der Waals surface area (Å²) >= 11 is 0. The SMILES string of the molecule is C=C(C)COC(=O)C1CC2OC2(C)CC1C(=O)OCC(=C)C. The minimum absolute atomic E-state index is 0.0278. The largest absolute Gasteiger partial charge is 0.461 e.